The summed E-state index contributed by atoms with van der Waals surface area (Å²) >= 11 is 0. The summed E-state index contributed by atoms with van der Waals surface area (Å²) in [5.41, 5.74) is 8.28. The van der Waals surface area contributed by atoms with Gasteiger partial charge >= 0.3 is 6.18 Å². The first-order valence-corrected chi connectivity index (χ1v) is 6.27. The van der Waals surface area contributed by atoms with Crippen molar-refractivity contribution in [3.63, 3.8) is 0 Å². The number of hydrogen-bond acceptors (Lipinski definition) is 3. The van der Waals surface area contributed by atoms with Gasteiger partial charge in [-0.2, -0.15) is 13.2 Å². The first-order valence-electron chi connectivity index (χ1n) is 6.27. The zero-order chi connectivity index (χ0) is 14.6. The van der Waals surface area contributed by atoms with E-state index in [1.165, 1.54) is 4.90 Å². The number of aryl methyl sites for hydroxylation is 2. The molecule has 1 aromatic rings. The van der Waals surface area contributed by atoms with Gasteiger partial charge < -0.3 is 10.6 Å². The van der Waals surface area contributed by atoms with E-state index in [0.29, 0.717) is 35.6 Å². The molecule has 3 nitrogen and oxygen atoms in total. The average Bonchev–Trinajstić information content (AvgIpc) is 2.25. The SMILES string of the molecule is CCCN(CC(F)(F)F)c1cc(C)nc(C)c1CN. The summed E-state index contributed by atoms with van der Waals surface area (Å²) in [6.45, 7) is 4.97. The van der Waals surface area contributed by atoms with Crippen LogP contribution in [0, 0.1) is 13.8 Å². The highest BCUT2D eigenvalue weighted by atomic mass is 19.4. The van der Waals surface area contributed by atoms with E-state index < -0.39 is 12.7 Å². The molecule has 1 heterocycles. The third-order valence-corrected chi connectivity index (χ3v) is 2.84. The first-order chi connectivity index (χ1) is 8.78. The lowest BCUT2D eigenvalue weighted by Gasteiger charge is -2.28. The Morgan fingerprint density at radius 1 is 1.32 bits per heavy atom. The fourth-order valence-electron chi connectivity index (χ4n) is 2.14. The highest BCUT2D eigenvalue weighted by Crippen LogP contribution is 2.27. The topological polar surface area (TPSA) is 42.2 Å². The van der Waals surface area contributed by atoms with E-state index in [1.54, 1.807) is 19.9 Å². The van der Waals surface area contributed by atoms with Crippen molar-refractivity contribution in [3.05, 3.63) is 23.0 Å². The second-order valence-corrected chi connectivity index (χ2v) is 4.59. The van der Waals surface area contributed by atoms with E-state index >= 15 is 0 Å². The molecule has 19 heavy (non-hydrogen) atoms. The van der Waals surface area contributed by atoms with Crippen molar-refractivity contribution in [1.82, 2.24) is 4.98 Å². The number of nitrogens with zero attached hydrogens (tertiary/aromatic N) is 2. The average molecular weight is 275 g/mol. The van der Waals surface area contributed by atoms with Gasteiger partial charge in [0.2, 0.25) is 0 Å². The maximum absolute atomic E-state index is 12.7. The number of rotatable bonds is 5. The minimum absolute atomic E-state index is 0.187. The first kappa shape index (κ1) is 15.8. The molecule has 108 valence electrons. The second kappa shape index (κ2) is 6.23. The predicted octanol–water partition coefficient (Wildman–Crippen LogP) is 2.94. The normalized spacial score (nSPS) is 11.7. The molecule has 0 bridgehead atoms. The molecule has 0 spiro atoms. The van der Waals surface area contributed by atoms with E-state index in [4.69, 9.17) is 5.73 Å². The molecule has 0 saturated carbocycles. The molecule has 0 atom stereocenters. The van der Waals surface area contributed by atoms with E-state index in [1.807, 2.05) is 6.92 Å². The second-order valence-electron chi connectivity index (χ2n) is 4.59. The summed E-state index contributed by atoms with van der Waals surface area (Å²) in [5.74, 6) is 0. The fourth-order valence-corrected chi connectivity index (χ4v) is 2.14. The van der Waals surface area contributed by atoms with Crippen molar-refractivity contribution >= 4 is 5.69 Å². The van der Waals surface area contributed by atoms with Crippen LogP contribution in [0.2, 0.25) is 0 Å². The molecular weight excluding hydrogens is 255 g/mol. The van der Waals surface area contributed by atoms with E-state index in [-0.39, 0.29) is 6.54 Å². The Hall–Kier alpha value is -1.30. The Bertz CT molecular complexity index is 430. The lowest BCUT2D eigenvalue weighted by atomic mass is 10.1. The Morgan fingerprint density at radius 3 is 2.42 bits per heavy atom. The van der Waals surface area contributed by atoms with Gasteiger partial charge in [-0.1, -0.05) is 6.92 Å². The molecular formula is C13H20F3N3. The lowest BCUT2D eigenvalue weighted by Crippen LogP contribution is -2.36. The van der Waals surface area contributed by atoms with Gasteiger partial charge in [-0.05, 0) is 26.3 Å². The number of hydrogen-bond donors (Lipinski definition) is 1. The van der Waals surface area contributed by atoms with Crippen LogP contribution in [0.5, 0.6) is 0 Å². The zero-order valence-corrected chi connectivity index (χ0v) is 11.5. The molecule has 1 aromatic heterocycles. The van der Waals surface area contributed by atoms with Gasteiger partial charge in [-0.25, -0.2) is 0 Å². The molecule has 0 aromatic carbocycles. The fraction of sp³-hybridized carbons (Fsp3) is 0.615. The number of pyridine rings is 1. The maximum atomic E-state index is 12.7. The third-order valence-electron chi connectivity index (χ3n) is 2.84. The van der Waals surface area contributed by atoms with Crippen LogP contribution >= 0.6 is 0 Å². The summed E-state index contributed by atoms with van der Waals surface area (Å²) in [4.78, 5) is 5.59. The van der Waals surface area contributed by atoms with Crippen molar-refractivity contribution in [2.45, 2.75) is 39.9 Å². The van der Waals surface area contributed by atoms with Crippen LogP contribution in [0.1, 0.15) is 30.3 Å². The monoisotopic (exact) mass is 275 g/mol. The van der Waals surface area contributed by atoms with Gasteiger partial charge in [0.05, 0.1) is 0 Å². The van der Waals surface area contributed by atoms with E-state index in [2.05, 4.69) is 4.98 Å². The van der Waals surface area contributed by atoms with Crippen molar-refractivity contribution in [2.24, 2.45) is 5.73 Å². The number of aromatic nitrogens is 1. The molecule has 0 unspecified atom stereocenters. The van der Waals surface area contributed by atoms with Crippen molar-refractivity contribution in [1.29, 1.82) is 0 Å². The summed E-state index contributed by atoms with van der Waals surface area (Å²) < 4.78 is 38.0. The predicted molar refractivity (Wildman–Crippen MR) is 70.2 cm³/mol. The Morgan fingerprint density at radius 2 is 1.95 bits per heavy atom. The molecule has 0 aliphatic heterocycles. The van der Waals surface area contributed by atoms with Gasteiger partial charge in [0, 0.05) is 35.7 Å². The molecule has 0 fully saturated rings. The largest absolute Gasteiger partial charge is 0.405 e. The van der Waals surface area contributed by atoms with Crippen molar-refractivity contribution in [2.75, 3.05) is 18.0 Å². The summed E-state index contributed by atoms with van der Waals surface area (Å²) in [5, 5.41) is 0. The van der Waals surface area contributed by atoms with E-state index in [0.717, 1.165) is 0 Å². The molecule has 0 radical (unpaired) electrons. The molecule has 0 aliphatic carbocycles. The third kappa shape index (κ3) is 4.38. The van der Waals surface area contributed by atoms with Crippen LogP contribution in [-0.2, 0) is 6.54 Å². The summed E-state index contributed by atoms with van der Waals surface area (Å²) in [6.07, 6.45) is -3.59. The van der Waals surface area contributed by atoms with Crippen LogP contribution in [0.25, 0.3) is 0 Å². The Kier molecular flexibility index (Phi) is 5.17. The van der Waals surface area contributed by atoms with Gasteiger partial charge in [-0.15, -0.1) is 0 Å². The smallest absolute Gasteiger partial charge is 0.362 e. The highest BCUT2D eigenvalue weighted by molar-refractivity contribution is 5.56. The number of nitrogens with two attached hydrogens (primary N) is 1. The summed E-state index contributed by atoms with van der Waals surface area (Å²) in [6, 6.07) is 1.68. The lowest BCUT2D eigenvalue weighted by molar-refractivity contribution is -0.119. The standard InChI is InChI=1S/C13H20F3N3/c1-4-5-19(8-13(14,15)16)12-6-9(2)18-10(3)11(12)7-17/h6H,4-5,7-8,17H2,1-3H3. The molecule has 6 heteroatoms. The minimum atomic E-state index is -4.23. The van der Waals surface area contributed by atoms with Gasteiger partial charge in [-0.3, -0.25) is 4.98 Å². The summed E-state index contributed by atoms with van der Waals surface area (Å²) in [7, 11) is 0. The van der Waals surface area contributed by atoms with E-state index in [9.17, 15) is 13.2 Å². The van der Waals surface area contributed by atoms with Gasteiger partial charge in [0.25, 0.3) is 0 Å². The number of halogens is 3. The van der Waals surface area contributed by atoms with Gasteiger partial charge in [0.1, 0.15) is 6.54 Å². The zero-order valence-electron chi connectivity index (χ0n) is 11.5. The van der Waals surface area contributed by atoms with Crippen molar-refractivity contribution in [3.8, 4) is 0 Å². The molecule has 2 N–H and O–H groups in total. The van der Waals surface area contributed by atoms with Crippen molar-refractivity contribution < 1.29 is 13.2 Å². The molecule has 0 amide bonds. The molecule has 0 saturated heterocycles. The Labute approximate surface area is 111 Å². The quantitative estimate of drug-likeness (QED) is 0.898. The van der Waals surface area contributed by atoms with Crippen LogP contribution in [0.3, 0.4) is 0 Å². The van der Waals surface area contributed by atoms with Crippen LogP contribution in [0.4, 0.5) is 18.9 Å². The van der Waals surface area contributed by atoms with Crippen LogP contribution < -0.4 is 10.6 Å². The Balaban J connectivity index is 3.21. The highest BCUT2D eigenvalue weighted by Gasteiger charge is 2.31. The maximum Gasteiger partial charge on any atom is 0.405 e. The molecule has 0 aliphatic rings. The van der Waals surface area contributed by atoms with Crippen LogP contribution in [-0.4, -0.2) is 24.2 Å². The minimum Gasteiger partial charge on any atom is -0.362 e. The van der Waals surface area contributed by atoms with Crippen LogP contribution in [0.15, 0.2) is 6.07 Å². The molecule has 1 rings (SSSR count). The number of alkyl halides is 3. The van der Waals surface area contributed by atoms with Gasteiger partial charge in [0.15, 0.2) is 0 Å². The number of anilines is 1.